The van der Waals surface area contributed by atoms with Gasteiger partial charge in [0.15, 0.2) is 0 Å². The normalized spacial score (nSPS) is 20.6. The Morgan fingerprint density at radius 2 is 1.05 bits per heavy atom. The van der Waals surface area contributed by atoms with Gasteiger partial charge in [-0.1, -0.05) is 60.7 Å². The second kappa shape index (κ2) is 4.57. The van der Waals surface area contributed by atoms with Gasteiger partial charge < -0.3 is 4.74 Å². The first-order valence-corrected chi connectivity index (χ1v) is 7.19. The lowest BCUT2D eigenvalue weighted by molar-refractivity contribution is 0.0687. The molecule has 102 valence electrons. The standard InChI is InChI=1S/C20H16O/c1-3-17-19-15-11-7-5-9-13(15)14-10-6-8-12-16(14)20(19)18(4-2)21-17/h3-12,17-18H,1-2H2. The van der Waals surface area contributed by atoms with Crippen LogP contribution in [0.25, 0.3) is 21.5 Å². The van der Waals surface area contributed by atoms with Crippen molar-refractivity contribution in [3.8, 4) is 0 Å². The maximum atomic E-state index is 6.11. The van der Waals surface area contributed by atoms with Crippen molar-refractivity contribution in [3.05, 3.63) is 85.0 Å². The van der Waals surface area contributed by atoms with Crippen LogP contribution < -0.4 is 0 Å². The van der Waals surface area contributed by atoms with Gasteiger partial charge in [-0.25, -0.2) is 0 Å². The number of fused-ring (bicyclic) bond motifs is 6. The van der Waals surface area contributed by atoms with Gasteiger partial charge in [0.2, 0.25) is 0 Å². The van der Waals surface area contributed by atoms with Crippen LogP contribution in [-0.4, -0.2) is 0 Å². The second-order valence-corrected chi connectivity index (χ2v) is 5.37. The molecule has 0 bridgehead atoms. The van der Waals surface area contributed by atoms with Gasteiger partial charge in [-0.05, 0) is 32.7 Å². The summed E-state index contributed by atoms with van der Waals surface area (Å²) in [5.74, 6) is 0. The SMILES string of the molecule is C=CC1OC(C=C)c2c1c1ccccc1c1ccccc21. The lowest BCUT2D eigenvalue weighted by atomic mass is 9.89. The van der Waals surface area contributed by atoms with Crippen molar-refractivity contribution in [2.45, 2.75) is 12.2 Å². The van der Waals surface area contributed by atoms with Crippen molar-refractivity contribution in [2.75, 3.05) is 0 Å². The topological polar surface area (TPSA) is 9.23 Å². The lowest BCUT2D eigenvalue weighted by Crippen LogP contribution is -1.93. The van der Waals surface area contributed by atoms with Crippen LogP contribution in [-0.2, 0) is 4.74 Å². The molecule has 1 heteroatoms. The molecule has 21 heavy (non-hydrogen) atoms. The number of hydrogen-bond donors (Lipinski definition) is 0. The van der Waals surface area contributed by atoms with E-state index in [4.69, 9.17) is 4.74 Å². The molecular formula is C20H16O. The van der Waals surface area contributed by atoms with Gasteiger partial charge in [-0.2, -0.15) is 0 Å². The molecule has 0 saturated heterocycles. The highest BCUT2D eigenvalue weighted by molar-refractivity contribution is 6.11. The average molecular weight is 272 g/mol. The molecule has 0 amide bonds. The molecule has 3 aromatic rings. The third-order valence-electron chi connectivity index (χ3n) is 4.31. The Morgan fingerprint density at radius 3 is 1.43 bits per heavy atom. The van der Waals surface area contributed by atoms with Gasteiger partial charge in [0.05, 0.1) is 0 Å². The summed E-state index contributed by atoms with van der Waals surface area (Å²) in [4.78, 5) is 0. The van der Waals surface area contributed by atoms with Gasteiger partial charge in [0, 0.05) is 0 Å². The van der Waals surface area contributed by atoms with Gasteiger partial charge in [0.25, 0.3) is 0 Å². The highest BCUT2D eigenvalue weighted by Crippen LogP contribution is 2.48. The fraction of sp³-hybridized carbons (Fsp3) is 0.100. The molecule has 0 fully saturated rings. The predicted molar refractivity (Wildman–Crippen MR) is 88.4 cm³/mol. The minimum atomic E-state index is -0.0718. The van der Waals surface area contributed by atoms with E-state index >= 15 is 0 Å². The molecule has 1 heterocycles. The summed E-state index contributed by atoms with van der Waals surface area (Å²) in [7, 11) is 0. The first-order chi connectivity index (χ1) is 10.3. The highest BCUT2D eigenvalue weighted by atomic mass is 16.5. The third-order valence-corrected chi connectivity index (χ3v) is 4.31. The van der Waals surface area contributed by atoms with E-state index in [1.165, 1.54) is 32.7 Å². The zero-order chi connectivity index (χ0) is 14.4. The summed E-state index contributed by atoms with van der Waals surface area (Å²) in [6.45, 7) is 7.88. The molecule has 3 aromatic carbocycles. The number of benzene rings is 3. The maximum Gasteiger partial charge on any atom is 0.103 e. The van der Waals surface area contributed by atoms with E-state index in [1.54, 1.807) is 0 Å². The van der Waals surface area contributed by atoms with Crippen molar-refractivity contribution in [1.29, 1.82) is 0 Å². The summed E-state index contributed by atoms with van der Waals surface area (Å²) < 4.78 is 6.11. The van der Waals surface area contributed by atoms with Crippen LogP contribution in [0.15, 0.2) is 73.8 Å². The molecule has 0 aromatic heterocycles. The van der Waals surface area contributed by atoms with E-state index in [0.29, 0.717) is 0 Å². The van der Waals surface area contributed by atoms with Crippen LogP contribution >= 0.6 is 0 Å². The largest absolute Gasteiger partial charge is 0.357 e. The van der Waals surface area contributed by atoms with Crippen molar-refractivity contribution >= 4 is 21.5 Å². The Morgan fingerprint density at radius 1 is 0.667 bits per heavy atom. The number of hydrogen-bond acceptors (Lipinski definition) is 1. The fourth-order valence-corrected chi connectivity index (χ4v) is 3.45. The molecule has 0 aliphatic carbocycles. The molecule has 1 aliphatic heterocycles. The van der Waals surface area contributed by atoms with Crippen LogP contribution in [0.1, 0.15) is 23.3 Å². The quantitative estimate of drug-likeness (QED) is 0.443. The second-order valence-electron chi connectivity index (χ2n) is 5.37. The molecule has 4 rings (SSSR count). The molecular weight excluding hydrogens is 256 g/mol. The van der Waals surface area contributed by atoms with E-state index in [1.807, 2.05) is 12.2 Å². The van der Waals surface area contributed by atoms with Gasteiger partial charge in [-0.3, -0.25) is 0 Å². The number of rotatable bonds is 2. The molecule has 0 N–H and O–H groups in total. The smallest absolute Gasteiger partial charge is 0.103 e. The van der Waals surface area contributed by atoms with E-state index in [0.717, 1.165) is 0 Å². The summed E-state index contributed by atoms with van der Waals surface area (Å²) in [5, 5.41) is 5.04. The zero-order valence-corrected chi connectivity index (χ0v) is 11.8. The van der Waals surface area contributed by atoms with Crippen molar-refractivity contribution < 1.29 is 4.74 Å². The van der Waals surface area contributed by atoms with E-state index in [9.17, 15) is 0 Å². The molecule has 2 unspecified atom stereocenters. The lowest BCUT2D eigenvalue weighted by Gasteiger charge is -2.13. The van der Waals surface area contributed by atoms with Gasteiger partial charge in [-0.15, -0.1) is 13.2 Å². The monoisotopic (exact) mass is 272 g/mol. The molecule has 2 atom stereocenters. The van der Waals surface area contributed by atoms with Crippen LogP contribution in [0, 0.1) is 0 Å². The highest BCUT2D eigenvalue weighted by Gasteiger charge is 2.32. The van der Waals surface area contributed by atoms with E-state index < -0.39 is 0 Å². The van der Waals surface area contributed by atoms with Crippen LogP contribution in [0.4, 0.5) is 0 Å². The summed E-state index contributed by atoms with van der Waals surface area (Å²) in [5.41, 5.74) is 2.48. The minimum absolute atomic E-state index is 0.0718. The van der Waals surface area contributed by atoms with Crippen molar-refractivity contribution in [2.24, 2.45) is 0 Å². The van der Waals surface area contributed by atoms with E-state index in [2.05, 4.69) is 61.7 Å². The average Bonchev–Trinajstić information content (AvgIpc) is 2.94. The Hall–Kier alpha value is -2.38. The fourth-order valence-electron chi connectivity index (χ4n) is 3.45. The Labute approximate surface area is 124 Å². The van der Waals surface area contributed by atoms with Crippen LogP contribution in [0.2, 0.25) is 0 Å². The van der Waals surface area contributed by atoms with Crippen LogP contribution in [0.3, 0.4) is 0 Å². The molecule has 0 radical (unpaired) electrons. The summed E-state index contributed by atoms with van der Waals surface area (Å²) in [6, 6.07) is 17.0. The Balaban J connectivity index is 2.27. The predicted octanol–water partition coefficient (Wildman–Crippen LogP) is 5.48. The van der Waals surface area contributed by atoms with Gasteiger partial charge in [0.1, 0.15) is 12.2 Å². The maximum absolute atomic E-state index is 6.11. The zero-order valence-electron chi connectivity index (χ0n) is 11.8. The third kappa shape index (κ3) is 1.61. The molecule has 0 spiro atoms. The first kappa shape index (κ1) is 12.4. The van der Waals surface area contributed by atoms with Crippen molar-refractivity contribution in [3.63, 3.8) is 0 Å². The van der Waals surface area contributed by atoms with Crippen LogP contribution in [0.5, 0.6) is 0 Å². The van der Waals surface area contributed by atoms with Crippen molar-refractivity contribution in [1.82, 2.24) is 0 Å². The summed E-state index contributed by atoms with van der Waals surface area (Å²) >= 11 is 0. The molecule has 1 aliphatic rings. The molecule has 1 nitrogen and oxygen atoms in total. The first-order valence-electron chi connectivity index (χ1n) is 7.19. The molecule has 0 saturated carbocycles. The Bertz CT molecular complexity index is 803. The summed E-state index contributed by atoms with van der Waals surface area (Å²) in [6.07, 6.45) is 3.61. The number of ether oxygens (including phenoxy) is 1. The van der Waals surface area contributed by atoms with Gasteiger partial charge >= 0.3 is 0 Å². The van der Waals surface area contributed by atoms with E-state index in [-0.39, 0.29) is 12.2 Å². The Kier molecular flexibility index (Phi) is 2.69. The minimum Gasteiger partial charge on any atom is -0.357 e.